The third-order valence-corrected chi connectivity index (χ3v) is 5.44. The van der Waals surface area contributed by atoms with E-state index < -0.39 is 0 Å². The van der Waals surface area contributed by atoms with E-state index in [1.54, 1.807) is 10.4 Å². The number of rotatable bonds is 5. The molecule has 21 heavy (non-hydrogen) atoms. The summed E-state index contributed by atoms with van der Waals surface area (Å²) in [5.74, 6) is 1.69. The van der Waals surface area contributed by atoms with E-state index in [-0.39, 0.29) is 0 Å². The largest absolute Gasteiger partial charge is 0.365 e. The van der Waals surface area contributed by atoms with Crippen LogP contribution in [0.3, 0.4) is 0 Å². The van der Waals surface area contributed by atoms with Gasteiger partial charge in [0.15, 0.2) is 0 Å². The summed E-state index contributed by atoms with van der Waals surface area (Å²) in [6, 6.07) is 2.34. The molecule has 5 heteroatoms. The highest BCUT2D eigenvalue weighted by Gasteiger charge is 2.15. The molecule has 0 radical (unpaired) electrons. The molecule has 3 rings (SSSR count). The van der Waals surface area contributed by atoms with Crippen LogP contribution in [0, 0.1) is 6.92 Å². The van der Waals surface area contributed by atoms with E-state index in [4.69, 9.17) is 11.6 Å². The molecule has 2 aromatic heterocycles. The second-order valence-electron chi connectivity index (χ2n) is 5.52. The summed E-state index contributed by atoms with van der Waals surface area (Å²) < 4.78 is 0. The lowest BCUT2D eigenvalue weighted by atomic mass is 10.2. The van der Waals surface area contributed by atoms with Crippen LogP contribution in [0.2, 0.25) is 5.15 Å². The Morgan fingerprint density at radius 1 is 1.33 bits per heavy atom. The van der Waals surface area contributed by atoms with E-state index in [1.165, 1.54) is 24.1 Å². The predicted molar refractivity (Wildman–Crippen MR) is 89.4 cm³/mol. The lowest BCUT2D eigenvalue weighted by Gasteiger charge is -2.10. The zero-order valence-electron chi connectivity index (χ0n) is 12.5. The number of nitrogens with one attached hydrogen (secondary N) is 1. The van der Waals surface area contributed by atoms with Gasteiger partial charge in [0.1, 0.15) is 16.8 Å². The molecule has 0 unspecified atom stereocenters. The van der Waals surface area contributed by atoms with Gasteiger partial charge >= 0.3 is 0 Å². The Morgan fingerprint density at radius 2 is 2.19 bits per heavy atom. The molecule has 0 aliphatic heterocycles. The first kappa shape index (κ1) is 14.8. The Kier molecular flexibility index (Phi) is 4.45. The Labute approximate surface area is 134 Å². The zero-order chi connectivity index (χ0) is 14.8. The molecule has 3 nitrogen and oxygen atoms in total. The van der Waals surface area contributed by atoms with Crippen LogP contribution < -0.4 is 5.32 Å². The van der Waals surface area contributed by atoms with Crippen LogP contribution in [-0.2, 0) is 25.8 Å². The van der Waals surface area contributed by atoms with E-state index in [0.29, 0.717) is 5.15 Å². The number of nitrogens with zero attached hydrogens (tertiary/aromatic N) is 2. The van der Waals surface area contributed by atoms with Crippen LogP contribution in [0.25, 0.3) is 0 Å². The normalized spacial score (nSPS) is 13.5. The topological polar surface area (TPSA) is 37.8 Å². The molecule has 2 heterocycles. The Morgan fingerprint density at radius 3 is 2.95 bits per heavy atom. The molecule has 0 amide bonds. The fraction of sp³-hybridized carbons (Fsp3) is 0.500. The molecular formula is C16H20ClN3S. The first-order chi connectivity index (χ1) is 10.2. The van der Waals surface area contributed by atoms with E-state index in [0.717, 1.165) is 36.6 Å². The Balaban J connectivity index is 1.74. The summed E-state index contributed by atoms with van der Waals surface area (Å²) in [5.41, 5.74) is 2.47. The van der Waals surface area contributed by atoms with Gasteiger partial charge in [-0.25, -0.2) is 9.97 Å². The van der Waals surface area contributed by atoms with Gasteiger partial charge in [0.2, 0.25) is 0 Å². The molecule has 2 aromatic rings. The second kappa shape index (κ2) is 6.32. The maximum atomic E-state index is 6.21. The average Bonchev–Trinajstić information content (AvgIpc) is 3.02. The minimum absolute atomic E-state index is 0.560. The van der Waals surface area contributed by atoms with E-state index in [1.807, 2.05) is 18.3 Å². The van der Waals surface area contributed by atoms with Crippen molar-refractivity contribution in [2.45, 2.75) is 52.5 Å². The lowest BCUT2D eigenvalue weighted by molar-refractivity contribution is 0.830. The number of thiophene rings is 1. The van der Waals surface area contributed by atoms with Crippen LogP contribution in [0.15, 0.2) is 6.07 Å². The highest BCUT2D eigenvalue weighted by Crippen LogP contribution is 2.31. The SMILES string of the molecule is CCCc1nc(Cl)c(C)c(NCc2cc3c(s2)CCC3)n1. The molecule has 0 spiro atoms. The minimum Gasteiger partial charge on any atom is -0.365 e. The van der Waals surface area contributed by atoms with Crippen LogP contribution in [-0.4, -0.2) is 9.97 Å². The number of hydrogen-bond acceptors (Lipinski definition) is 4. The smallest absolute Gasteiger partial charge is 0.137 e. The number of aromatic nitrogens is 2. The first-order valence-corrected chi connectivity index (χ1v) is 8.74. The molecule has 0 saturated carbocycles. The van der Waals surface area contributed by atoms with E-state index in [9.17, 15) is 0 Å². The summed E-state index contributed by atoms with van der Waals surface area (Å²) in [4.78, 5) is 11.9. The Bertz CT molecular complexity index is 630. The maximum Gasteiger partial charge on any atom is 0.137 e. The molecule has 0 atom stereocenters. The highest BCUT2D eigenvalue weighted by atomic mass is 35.5. The van der Waals surface area contributed by atoms with Gasteiger partial charge in [-0.3, -0.25) is 0 Å². The van der Waals surface area contributed by atoms with Crippen LogP contribution >= 0.6 is 22.9 Å². The number of aryl methyl sites for hydroxylation is 3. The molecule has 112 valence electrons. The van der Waals surface area contributed by atoms with Gasteiger partial charge in [-0.2, -0.15) is 0 Å². The predicted octanol–water partition coefficient (Wildman–Crippen LogP) is 4.55. The van der Waals surface area contributed by atoms with Crippen molar-refractivity contribution >= 4 is 28.8 Å². The summed E-state index contributed by atoms with van der Waals surface area (Å²) >= 11 is 8.14. The second-order valence-corrected chi connectivity index (χ2v) is 7.10. The molecule has 0 bridgehead atoms. The number of anilines is 1. The van der Waals surface area contributed by atoms with Gasteiger partial charge in [-0.15, -0.1) is 11.3 Å². The zero-order valence-corrected chi connectivity index (χ0v) is 14.1. The fourth-order valence-corrected chi connectivity index (χ4v) is 4.08. The Hall–Kier alpha value is -1.13. The maximum absolute atomic E-state index is 6.21. The van der Waals surface area contributed by atoms with Crippen LogP contribution in [0.1, 0.15) is 46.5 Å². The summed E-state index contributed by atoms with van der Waals surface area (Å²) in [7, 11) is 0. The van der Waals surface area contributed by atoms with Gasteiger partial charge in [0, 0.05) is 21.7 Å². The molecule has 1 aliphatic carbocycles. The highest BCUT2D eigenvalue weighted by molar-refractivity contribution is 7.12. The van der Waals surface area contributed by atoms with Gasteiger partial charge < -0.3 is 5.32 Å². The lowest BCUT2D eigenvalue weighted by Crippen LogP contribution is -2.06. The number of hydrogen-bond donors (Lipinski definition) is 1. The molecule has 0 fully saturated rings. The summed E-state index contributed by atoms with van der Waals surface area (Å²) in [5, 5.41) is 3.99. The van der Waals surface area contributed by atoms with Crippen molar-refractivity contribution in [1.29, 1.82) is 0 Å². The number of fused-ring (bicyclic) bond motifs is 1. The van der Waals surface area contributed by atoms with E-state index >= 15 is 0 Å². The van der Waals surface area contributed by atoms with Crippen molar-refractivity contribution in [3.8, 4) is 0 Å². The van der Waals surface area contributed by atoms with Gasteiger partial charge in [-0.05, 0) is 44.2 Å². The van der Waals surface area contributed by atoms with Crippen molar-refractivity contribution < 1.29 is 0 Å². The van der Waals surface area contributed by atoms with Crippen molar-refractivity contribution in [2.75, 3.05) is 5.32 Å². The van der Waals surface area contributed by atoms with Crippen molar-refractivity contribution in [1.82, 2.24) is 9.97 Å². The van der Waals surface area contributed by atoms with Crippen molar-refractivity contribution in [3.05, 3.63) is 37.9 Å². The van der Waals surface area contributed by atoms with Gasteiger partial charge in [-0.1, -0.05) is 18.5 Å². The van der Waals surface area contributed by atoms with E-state index in [2.05, 4.69) is 28.3 Å². The van der Waals surface area contributed by atoms with Crippen molar-refractivity contribution in [3.63, 3.8) is 0 Å². The van der Waals surface area contributed by atoms with Gasteiger partial charge in [0.05, 0.1) is 6.54 Å². The molecule has 1 N–H and O–H groups in total. The number of halogens is 1. The summed E-state index contributed by atoms with van der Waals surface area (Å²) in [6.45, 7) is 4.91. The molecule has 0 saturated heterocycles. The molecule has 0 aromatic carbocycles. The molecule has 1 aliphatic rings. The third-order valence-electron chi connectivity index (χ3n) is 3.83. The fourth-order valence-electron chi connectivity index (χ4n) is 2.69. The summed E-state index contributed by atoms with van der Waals surface area (Å²) in [6.07, 6.45) is 5.69. The minimum atomic E-state index is 0.560. The van der Waals surface area contributed by atoms with Crippen LogP contribution in [0.4, 0.5) is 5.82 Å². The molecular weight excluding hydrogens is 302 g/mol. The quantitative estimate of drug-likeness (QED) is 0.821. The monoisotopic (exact) mass is 321 g/mol. The van der Waals surface area contributed by atoms with Gasteiger partial charge in [0.25, 0.3) is 0 Å². The third kappa shape index (κ3) is 3.22. The van der Waals surface area contributed by atoms with Crippen LogP contribution in [0.5, 0.6) is 0 Å². The average molecular weight is 322 g/mol. The first-order valence-electron chi connectivity index (χ1n) is 7.54. The standard InChI is InChI=1S/C16H20ClN3S/c1-3-5-14-19-15(17)10(2)16(20-14)18-9-12-8-11-6-4-7-13(11)21-12/h8H,3-7,9H2,1-2H3,(H,18,19,20). The van der Waals surface area contributed by atoms with Crippen molar-refractivity contribution in [2.24, 2.45) is 0 Å².